The van der Waals surface area contributed by atoms with Gasteiger partial charge < -0.3 is 63.8 Å². The standard InChI is InChI=1S/C49H52F2N11O11S.2ClH/c1-30(45-57-40(26-74-45)34-14-12-33(21-52)13-15-34)49(68,38-20-37(50)16-17-39(38)51)27-62-29-61(28-56-62)31(2)71-47(66)59(6)43-36(11-9-18-54-43)25-70-42(64)23-58(5)46(65)72-32(3)73-48(67)60(7)44-35(10-8-19-55-44)24-69-41(63)22-53-4;;/h8-20,26,28-32,53,68H,22-25,27H2,1-7H3;2*1H/q+1;;/p-1/t30-,31?,32?,49+;;/m0../s1. The first-order chi connectivity index (χ1) is 35.3. The molecule has 404 valence electrons. The van der Waals surface area contributed by atoms with E-state index in [1.807, 2.05) is 0 Å². The number of carbonyl (C=O) groups excluding carboxylic acids is 5. The highest BCUT2D eigenvalue weighted by Gasteiger charge is 2.44. The first kappa shape index (κ1) is 60.7. The molecule has 0 aliphatic heterocycles. The maximum absolute atomic E-state index is 15.5. The number of hydrogen-bond donors (Lipinski definition) is 2. The number of pyridine rings is 2. The van der Waals surface area contributed by atoms with Gasteiger partial charge in [-0.2, -0.15) is 9.83 Å². The summed E-state index contributed by atoms with van der Waals surface area (Å²) >= 11 is 1.21. The van der Waals surface area contributed by atoms with Crippen molar-refractivity contribution in [3.8, 4) is 17.3 Å². The fourth-order valence-corrected chi connectivity index (χ4v) is 8.12. The number of thiazole rings is 1. The predicted molar refractivity (Wildman–Crippen MR) is 257 cm³/mol. The Hall–Kier alpha value is -7.89. The normalized spacial score (nSPS) is 12.6. The molecule has 0 saturated carbocycles. The molecule has 0 aliphatic rings. The molecule has 76 heavy (non-hydrogen) atoms. The van der Waals surface area contributed by atoms with Crippen LogP contribution in [0.2, 0.25) is 0 Å². The van der Waals surface area contributed by atoms with E-state index in [9.17, 15) is 38.7 Å². The average Bonchev–Trinajstić information content (AvgIpc) is 4.08. The number of nitrogens with zero attached hydrogens (tertiary/aromatic N) is 10. The van der Waals surface area contributed by atoms with E-state index in [-0.39, 0.29) is 68.3 Å². The first-order valence-electron chi connectivity index (χ1n) is 22.7. The number of nitrogens with two attached hydrogens (primary N) is 1. The van der Waals surface area contributed by atoms with E-state index >= 15 is 4.39 Å². The molecule has 0 aliphatic carbocycles. The quantitative estimate of drug-likeness (QED) is 0.0389. The molecule has 3 amide bonds. The summed E-state index contributed by atoms with van der Waals surface area (Å²) in [6.07, 6.45) is 0.295. The molecule has 0 bridgehead atoms. The number of likely N-dealkylation sites (N-methyl/N-ethyl adjacent to an activating group) is 2. The lowest BCUT2D eigenvalue weighted by Gasteiger charge is -2.32. The number of hydrogen-bond acceptors (Lipinski definition) is 17. The molecule has 22 nitrogen and oxygen atoms in total. The van der Waals surface area contributed by atoms with Crippen LogP contribution in [0.3, 0.4) is 0 Å². The van der Waals surface area contributed by atoms with Gasteiger partial charge in [0.2, 0.25) is 18.8 Å². The van der Waals surface area contributed by atoms with Crippen LogP contribution in [-0.2, 0) is 58.6 Å². The van der Waals surface area contributed by atoms with Gasteiger partial charge in [-0.3, -0.25) is 14.6 Å². The molecular weight excluding hydrogens is 1060 g/mol. The number of rotatable bonds is 20. The zero-order valence-electron chi connectivity index (χ0n) is 42.0. The maximum atomic E-state index is 15.5. The van der Waals surface area contributed by atoms with E-state index in [0.717, 1.165) is 32.9 Å². The van der Waals surface area contributed by atoms with Gasteiger partial charge in [0.1, 0.15) is 55.2 Å². The van der Waals surface area contributed by atoms with Gasteiger partial charge in [0, 0.05) is 86.0 Å². The molecule has 6 aromatic rings. The minimum Gasteiger partial charge on any atom is -1.00 e. The average molecular weight is 1110 g/mol. The summed E-state index contributed by atoms with van der Waals surface area (Å²) in [4.78, 5) is 80.2. The Balaban J connectivity index is 0.00000624. The number of benzene rings is 2. The molecule has 0 radical (unpaired) electrons. The zero-order chi connectivity index (χ0) is 53.7. The van der Waals surface area contributed by atoms with Gasteiger partial charge >= 0.3 is 30.2 Å². The van der Waals surface area contributed by atoms with Crippen molar-refractivity contribution in [2.45, 2.75) is 64.6 Å². The van der Waals surface area contributed by atoms with E-state index in [4.69, 9.17) is 28.7 Å². The van der Waals surface area contributed by atoms with Crippen molar-refractivity contribution in [1.82, 2.24) is 29.6 Å². The molecular formula is C49H53Cl2F2N11O11S. The van der Waals surface area contributed by atoms with Crippen LogP contribution < -0.4 is 44.5 Å². The van der Waals surface area contributed by atoms with Crippen molar-refractivity contribution in [1.29, 1.82) is 5.26 Å². The second-order valence-corrected chi connectivity index (χ2v) is 17.5. The lowest BCUT2D eigenvalue weighted by molar-refractivity contribution is -0.753. The Morgan fingerprint density at radius 2 is 1.45 bits per heavy atom. The van der Waals surface area contributed by atoms with Crippen molar-refractivity contribution >= 4 is 53.2 Å². The van der Waals surface area contributed by atoms with Crippen LogP contribution in [0.1, 0.15) is 60.2 Å². The Labute approximate surface area is 451 Å². The van der Waals surface area contributed by atoms with Crippen LogP contribution in [0.15, 0.2) is 97.2 Å². The Bertz CT molecular complexity index is 3020. The molecule has 0 saturated heterocycles. The van der Waals surface area contributed by atoms with Crippen LogP contribution in [0.5, 0.6) is 0 Å². The summed E-state index contributed by atoms with van der Waals surface area (Å²) in [5.41, 5.74) is 0.0179. The molecule has 4 atom stereocenters. The fraction of sp³-hybridized carbons (Fsp3) is 0.327. The molecule has 2 unspecified atom stereocenters. The molecule has 27 heteroatoms. The summed E-state index contributed by atoms with van der Waals surface area (Å²) in [5.74, 6) is -3.65. The first-order valence-corrected chi connectivity index (χ1v) is 23.5. The summed E-state index contributed by atoms with van der Waals surface area (Å²) in [5, 5.41) is 29.7. The van der Waals surface area contributed by atoms with Crippen LogP contribution in [0.25, 0.3) is 11.3 Å². The van der Waals surface area contributed by atoms with Crippen molar-refractivity contribution in [3.63, 3.8) is 0 Å². The SMILES string of the molecule is C[NH2+]CC(=O)OCc1cccnc1N(C)C(=O)OC(C)OC(=O)N(C)CC(=O)OCc1cccnc1N(C)C(=O)OC(C)[n+]1cnn(C[C@](O)(c2cc(F)ccc2F)[C@@H](C)c2nc(-c3ccc(C#N)cc3)cs2)c1.[Cl-].[Cl-]. The van der Waals surface area contributed by atoms with Gasteiger partial charge in [0.25, 0.3) is 6.33 Å². The van der Waals surface area contributed by atoms with Crippen molar-refractivity contribution < 1.29 is 96.2 Å². The summed E-state index contributed by atoms with van der Waals surface area (Å²) in [6, 6.07) is 18.0. The topological polar surface area (TPSA) is 262 Å². The Morgan fingerprint density at radius 3 is 2.05 bits per heavy atom. The maximum Gasteiger partial charge on any atom is 0.418 e. The Morgan fingerprint density at radius 1 is 0.855 bits per heavy atom. The van der Waals surface area contributed by atoms with Crippen LogP contribution in [0.4, 0.5) is 34.8 Å². The second kappa shape index (κ2) is 27.6. The largest absolute Gasteiger partial charge is 1.00 e. The van der Waals surface area contributed by atoms with Crippen LogP contribution >= 0.6 is 11.3 Å². The lowest BCUT2D eigenvalue weighted by Crippen LogP contribution is -3.00. The van der Waals surface area contributed by atoms with E-state index < -0.39 is 72.4 Å². The number of esters is 2. The van der Waals surface area contributed by atoms with Gasteiger partial charge in [-0.1, -0.05) is 31.2 Å². The van der Waals surface area contributed by atoms with E-state index in [1.54, 1.807) is 80.1 Å². The minimum atomic E-state index is -2.11. The molecule has 0 fully saturated rings. The van der Waals surface area contributed by atoms with E-state index in [0.29, 0.717) is 33.0 Å². The van der Waals surface area contributed by atoms with E-state index in [1.165, 1.54) is 73.7 Å². The summed E-state index contributed by atoms with van der Waals surface area (Å²) in [6.45, 7) is 3.07. The number of aromatic nitrogens is 6. The number of aliphatic hydroxyl groups is 1. The number of quaternary nitrogens is 1. The summed E-state index contributed by atoms with van der Waals surface area (Å²) < 4.78 is 59.7. The second-order valence-electron chi connectivity index (χ2n) is 16.6. The van der Waals surface area contributed by atoms with Crippen LogP contribution in [0, 0.1) is 23.0 Å². The highest BCUT2D eigenvalue weighted by molar-refractivity contribution is 7.10. The predicted octanol–water partition coefficient (Wildman–Crippen LogP) is -1.31. The monoisotopic (exact) mass is 1110 g/mol. The number of ether oxygens (including phenoxy) is 5. The highest BCUT2D eigenvalue weighted by Crippen LogP contribution is 2.41. The van der Waals surface area contributed by atoms with Crippen molar-refractivity contribution in [2.24, 2.45) is 0 Å². The van der Waals surface area contributed by atoms with Gasteiger partial charge in [-0.05, 0) is 42.5 Å². The molecule has 2 aromatic carbocycles. The number of halogens is 4. The highest BCUT2D eigenvalue weighted by atomic mass is 35.5. The molecule has 6 rings (SSSR count). The van der Waals surface area contributed by atoms with Gasteiger partial charge in [0.15, 0.2) is 6.54 Å². The minimum absolute atomic E-state index is 0. The summed E-state index contributed by atoms with van der Waals surface area (Å²) in [7, 11) is 5.72. The Kier molecular flexibility index (Phi) is 22.0. The van der Waals surface area contributed by atoms with Gasteiger partial charge in [0.05, 0.1) is 29.4 Å². The van der Waals surface area contributed by atoms with Crippen LogP contribution in [-0.4, -0.2) is 113 Å². The molecule has 3 N–H and O–H groups in total. The zero-order valence-corrected chi connectivity index (χ0v) is 44.3. The smallest absolute Gasteiger partial charge is 0.418 e. The lowest BCUT2D eigenvalue weighted by atomic mass is 9.82. The van der Waals surface area contributed by atoms with Crippen molar-refractivity contribution in [2.75, 3.05) is 51.1 Å². The van der Waals surface area contributed by atoms with Gasteiger partial charge in [-0.25, -0.2) is 42.9 Å². The van der Waals surface area contributed by atoms with E-state index in [2.05, 4.69) is 21.1 Å². The number of carbonyl (C=O) groups is 5. The molecule has 0 spiro atoms. The number of amides is 3. The number of anilines is 2. The third kappa shape index (κ3) is 15.4. The molecule has 4 heterocycles. The number of nitriles is 1. The third-order valence-corrected chi connectivity index (χ3v) is 12.3. The molecule has 4 aromatic heterocycles. The third-order valence-electron chi connectivity index (χ3n) is 11.3. The fourth-order valence-electron chi connectivity index (χ4n) is 7.15. The van der Waals surface area contributed by atoms with Gasteiger partial charge in [-0.15, -0.1) is 16.0 Å². The van der Waals surface area contributed by atoms with Crippen molar-refractivity contribution in [3.05, 3.63) is 136 Å².